The van der Waals surface area contributed by atoms with Gasteiger partial charge in [-0.3, -0.25) is 4.90 Å². The van der Waals surface area contributed by atoms with Crippen molar-refractivity contribution in [2.45, 2.75) is 25.8 Å². The highest BCUT2D eigenvalue weighted by atomic mass is 16.5. The Labute approximate surface area is 87.0 Å². The van der Waals surface area contributed by atoms with Crippen LogP contribution in [-0.2, 0) is 4.74 Å². The minimum atomic E-state index is 0.675. The van der Waals surface area contributed by atoms with Gasteiger partial charge in [0.05, 0.1) is 13.2 Å². The van der Waals surface area contributed by atoms with Gasteiger partial charge in [-0.1, -0.05) is 13.3 Å². The Hall–Kier alpha value is -0.120. The Kier molecular flexibility index (Phi) is 3.79. The number of fused-ring (bicyclic) bond motifs is 1. The summed E-state index contributed by atoms with van der Waals surface area (Å²) in [6, 6.07) is 0.675. The first-order valence-electron chi connectivity index (χ1n) is 5.94. The molecule has 0 radical (unpaired) electrons. The predicted molar refractivity (Wildman–Crippen MR) is 57.5 cm³/mol. The number of ether oxygens (including phenoxy) is 1. The Morgan fingerprint density at radius 1 is 1.29 bits per heavy atom. The third kappa shape index (κ3) is 2.47. The highest BCUT2D eigenvalue weighted by Crippen LogP contribution is 2.13. The summed E-state index contributed by atoms with van der Waals surface area (Å²) in [7, 11) is 0. The lowest BCUT2D eigenvalue weighted by atomic mass is 10.1. The third-order valence-corrected chi connectivity index (χ3v) is 3.35. The molecule has 14 heavy (non-hydrogen) atoms. The standard InChI is InChI=1S/C11H22N2O/c1-2-3-4-12-5-6-13-7-8-14-10-11(13)9-12/h11H,2-10H2,1H3/t11-/m1/s1. The minimum Gasteiger partial charge on any atom is -0.378 e. The summed E-state index contributed by atoms with van der Waals surface area (Å²) in [5.74, 6) is 0. The minimum absolute atomic E-state index is 0.675. The molecule has 0 amide bonds. The summed E-state index contributed by atoms with van der Waals surface area (Å²) >= 11 is 0. The van der Waals surface area contributed by atoms with Crippen molar-refractivity contribution in [1.82, 2.24) is 9.80 Å². The van der Waals surface area contributed by atoms with Gasteiger partial charge in [-0.15, -0.1) is 0 Å². The molecule has 0 spiro atoms. The summed E-state index contributed by atoms with van der Waals surface area (Å²) in [5, 5.41) is 0. The van der Waals surface area contributed by atoms with Crippen LogP contribution in [-0.4, -0.2) is 61.8 Å². The van der Waals surface area contributed by atoms with E-state index in [1.165, 1.54) is 39.0 Å². The average molecular weight is 198 g/mol. The van der Waals surface area contributed by atoms with E-state index in [0.717, 1.165) is 19.8 Å². The lowest BCUT2D eigenvalue weighted by Crippen LogP contribution is -2.58. The first-order chi connectivity index (χ1) is 6.90. The first-order valence-corrected chi connectivity index (χ1v) is 5.94. The van der Waals surface area contributed by atoms with Gasteiger partial charge in [0, 0.05) is 32.2 Å². The molecule has 0 unspecified atom stereocenters. The van der Waals surface area contributed by atoms with Gasteiger partial charge >= 0.3 is 0 Å². The second-order valence-electron chi connectivity index (χ2n) is 4.42. The number of morpholine rings is 1. The highest BCUT2D eigenvalue weighted by molar-refractivity contribution is 4.83. The van der Waals surface area contributed by atoms with Gasteiger partial charge < -0.3 is 9.64 Å². The van der Waals surface area contributed by atoms with E-state index in [2.05, 4.69) is 16.7 Å². The van der Waals surface area contributed by atoms with Crippen LogP contribution >= 0.6 is 0 Å². The maximum atomic E-state index is 5.52. The van der Waals surface area contributed by atoms with Crippen LogP contribution in [0.1, 0.15) is 19.8 Å². The molecule has 2 aliphatic rings. The van der Waals surface area contributed by atoms with Gasteiger partial charge in [0.1, 0.15) is 0 Å². The molecule has 2 rings (SSSR count). The van der Waals surface area contributed by atoms with Crippen LogP contribution < -0.4 is 0 Å². The Morgan fingerprint density at radius 3 is 3.07 bits per heavy atom. The molecule has 82 valence electrons. The zero-order valence-electron chi connectivity index (χ0n) is 9.24. The van der Waals surface area contributed by atoms with Crippen molar-refractivity contribution < 1.29 is 4.74 Å². The van der Waals surface area contributed by atoms with Gasteiger partial charge in [0.2, 0.25) is 0 Å². The summed E-state index contributed by atoms with van der Waals surface area (Å²) < 4.78 is 5.52. The van der Waals surface area contributed by atoms with E-state index < -0.39 is 0 Å². The van der Waals surface area contributed by atoms with Crippen LogP contribution in [0, 0.1) is 0 Å². The fraction of sp³-hybridized carbons (Fsp3) is 1.00. The molecule has 1 atom stereocenters. The van der Waals surface area contributed by atoms with Crippen molar-refractivity contribution in [3.05, 3.63) is 0 Å². The number of nitrogens with zero attached hydrogens (tertiary/aromatic N) is 2. The molecule has 0 aliphatic carbocycles. The maximum Gasteiger partial charge on any atom is 0.0634 e. The van der Waals surface area contributed by atoms with Crippen molar-refractivity contribution in [2.75, 3.05) is 45.9 Å². The topological polar surface area (TPSA) is 15.7 Å². The fourth-order valence-corrected chi connectivity index (χ4v) is 2.40. The van der Waals surface area contributed by atoms with Crippen LogP contribution in [0.25, 0.3) is 0 Å². The van der Waals surface area contributed by atoms with E-state index in [0.29, 0.717) is 6.04 Å². The van der Waals surface area contributed by atoms with E-state index in [4.69, 9.17) is 4.74 Å². The zero-order valence-corrected chi connectivity index (χ0v) is 9.24. The molecule has 0 aromatic carbocycles. The van der Waals surface area contributed by atoms with Crippen LogP contribution in [0.3, 0.4) is 0 Å². The summed E-state index contributed by atoms with van der Waals surface area (Å²) in [4.78, 5) is 5.19. The lowest BCUT2D eigenvalue weighted by Gasteiger charge is -2.43. The Bertz CT molecular complexity index is 175. The number of piperazine rings is 1. The zero-order chi connectivity index (χ0) is 9.80. The molecule has 0 N–H and O–H groups in total. The largest absolute Gasteiger partial charge is 0.378 e. The van der Waals surface area contributed by atoms with Gasteiger partial charge in [-0.25, -0.2) is 0 Å². The molecule has 2 heterocycles. The van der Waals surface area contributed by atoms with Crippen molar-refractivity contribution in [1.29, 1.82) is 0 Å². The molecule has 0 aromatic rings. The van der Waals surface area contributed by atoms with Crippen molar-refractivity contribution in [3.63, 3.8) is 0 Å². The van der Waals surface area contributed by atoms with Crippen LogP contribution in [0.15, 0.2) is 0 Å². The smallest absolute Gasteiger partial charge is 0.0634 e. The molecule has 2 fully saturated rings. The average Bonchev–Trinajstić information content (AvgIpc) is 2.26. The predicted octanol–water partition coefficient (Wildman–Crippen LogP) is 0.803. The number of hydrogen-bond acceptors (Lipinski definition) is 3. The van der Waals surface area contributed by atoms with Crippen LogP contribution in [0.4, 0.5) is 0 Å². The highest BCUT2D eigenvalue weighted by Gasteiger charge is 2.28. The fourth-order valence-electron chi connectivity index (χ4n) is 2.40. The van der Waals surface area contributed by atoms with Crippen LogP contribution in [0.2, 0.25) is 0 Å². The molecule has 0 bridgehead atoms. The second-order valence-corrected chi connectivity index (χ2v) is 4.42. The summed E-state index contributed by atoms with van der Waals surface area (Å²) in [6.45, 7) is 10.3. The molecule has 2 saturated heterocycles. The Balaban J connectivity index is 1.77. The van der Waals surface area contributed by atoms with Crippen molar-refractivity contribution in [2.24, 2.45) is 0 Å². The summed E-state index contributed by atoms with van der Waals surface area (Å²) in [6.07, 6.45) is 2.65. The van der Waals surface area contributed by atoms with Gasteiger partial charge in [-0.2, -0.15) is 0 Å². The molecule has 3 nitrogen and oxygen atoms in total. The van der Waals surface area contributed by atoms with Crippen molar-refractivity contribution >= 4 is 0 Å². The molecular weight excluding hydrogens is 176 g/mol. The monoisotopic (exact) mass is 198 g/mol. The van der Waals surface area contributed by atoms with Crippen LogP contribution in [0.5, 0.6) is 0 Å². The summed E-state index contributed by atoms with van der Waals surface area (Å²) in [5.41, 5.74) is 0. The second kappa shape index (κ2) is 5.10. The molecule has 3 heteroatoms. The molecule has 2 aliphatic heterocycles. The van der Waals surface area contributed by atoms with E-state index in [1.54, 1.807) is 0 Å². The Morgan fingerprint density at radius 2 is 2.21 bits per heavy atom. The molecule has 0 saturated carbocycles. The van der Waals surface area contributed by atoms with E-state index in [-0.39, 0.29) is 0 Å². The molecule has 0 aromatic heterocycles. The van der Waals surface area contributed by atoms with Gasteiger partial charge in [-0.05, 0) is 13.0 Å². The molecular formula is C11H22N2O. The quantitative estimate of drug-likeness (QED) is 0.667. The van der Waals surface area contributed by atoms with E-state index in [9.17, 15) is 0 Å². The normalized spacial score (nSPS) is 30.2. The maximum absolute atomic E-state index is 5.52. The van der Waals surface area contributed by atoms with E-state index in [1.807, 2.05) is 0 Å². The first kappa shape index (κ1) is 10.4. The number of hydrogen-bond donors (Lipinski definition) is 0. The van der Waals surface area contributed by atoms with Crippen molar-refractivity contribution in [3.8, 4) is 0 Å². The number of rotatable bonds is 3. The third-order valence-electron chi connectivity index (χ3n) is 3.35. The SMILES string of the molecule is CCCCN1CCN2CCOC[C@H]2C1. The number of unbranched alkanes of at least 4 members (excludes halogenated alkanes) is 1. The van der Waals surface area contributed by atoms with Gasteiger partial charge in [0.25, 0.3) is 0 Å². The van der Waals surface area contributed by atoms with Gasteiger partial charge in [0.15, 0.2) is 0 Å². The lowest BCUT2D eigenvalue weighted by molar-refractivity contribution is -0.0446. The van der Waals surface area contributed by atoms with E-state index >= 15 is 0 Å².